The minimum atomic E-state index is -0.277. The monoisotopic (exact) mass is 774 g/mol. The highest BCUT2D eigenvalue weighted by molar-refractivity contribution is 5.93. The molecule has 0 saturated carbocycles. The van der Waals surface area contributed by atoms with Crippen molar-refractivity contribution in [2.24, 2.45) is 0 Å². The smallest absolute Gasteiger partial charge is 0.227 e. The van der Waals surface area contributed by atoms with Crippen molar-refractivity contribution >= 4 is 17.2 Å². The number of oxazole rings is 2. The van der Waals surface area contributed by atoms with Crippen LogP contribution in [0.3, 0.4) is 0 Å². The molecule has 9 aromatic rings. The van der Waals surface area contributed by atoms with Crippen molar-refractivity contribution < 1.29 is 8.83 Å². The van der Waals surface area contributed by atoms with Crippen molar-refractivity contribution in [3.05, 3.63) is 210 Å². The quantitative estimate of drug-likeness (QED) is 0.151. The number of fused-ring (bicyclic) bond motifs is 7. The van der Waals surface area contributed by atoms with Crippen LogP contribution in [0.5, 0.6) is 0 Å². The Morgan fingerprint density at radius 2 is 1.18 bits per heavy atom. The number of rotatable bonds is 7. The van der Waals surface area contributed by atoms with Crippen LogP contribution < -0.4 is 0 Å². The van der Waals surface area contributed by atoms with Crippen LogP contribution in [0.2, 0.25) is 0 Å². The first-order valence-electron chi connectivity index (χ1n) is 20.6. The molecule has 2 aromatic heterocycles. The third-order valence-corrected chi connectivity index (χ3v) is 12.9. The molecule has 0 amide bonds. The number of hydrogen-bond acceptors (Lipinski definition) is 4. The third-order valence-electron chi connectivity index (χ3n) is 12.9. The highest BCUT2D eigenvalue weighted by atomic mass is 16.4. The molecule has 4 nitrogen and oxygen atoms in total. The molecule has 2 heterocycles. The van der Waals surface area contributed by atoms with Gasteiger partial charge in [-0.05, 0) is 135 Å². The number of aromatic nitrogens is 2. The number of allylic oxidation sites excluding steroid dienone is 2. The minimum Gasteiger partial charge on any atom is -0.441 e. The molecular formula is C56H42N2O2. The van der Waals surface area contributed by atoms with Crippen molar-refractivity contribution in [2.75, 3.05) is 0 Å². The van der Waals surface area contributed by atoms with E-state index in [1.807, 2.05) is 43.3 Å². The average molecular weight is 775 g/mol. The predicted octanol–water partition coefficient (Wildman–Crippen LogP) is 14.6. The van der Waals surface area contributed by atoms with E-state index >= 15 is 0 Å². The zero-order chi connectivity index (χ0) is 40.8. The Balaban J connectivity index is 1.05. The molecule has 0 spiro atoms. The van der Waals surface area contributed by atoms with Crippen molar-refractivity contribution in [2.45, 2.75) is 38.5 Å². The Bertz CT molecular complexity index is 3200. The van der Waals surface area contributed by atoms with Crippen molar-refractivity contribution in [1.29, 1.82) is 0 Å². The second-order valence-corrected chi connectivity index (χ2v) is 16.8. The van der Waals surface area contributed by atoms with Crippen molar-refractivity contribution in [3.8, 4) is 67.4 Å². The molecule has 7 aromatic carbocycles. The Kier molecular flexibility index (Phi) is 7.98. The summed E-state index contributed by atoms with van der Waals surface area (Å²) in [5.74, 6) is 1.83. The Morgan fingerprint density at radius 3 is 2.00 bits per heavy atom. The summed E-state index contributed by atoms with van der Waals surface area (Å²) in [7, 11) is 0. The predicted molar refractivity (Wildman–Crippen MR) is 245 cm³/mol. The number of aryl methyl sites for hydroxylation is 1. The van der Waals surface area contributed by atoms with Gasteiger partial charge in [-0.15, -0.1) is 0 Å². The largest absolute Gasteiger partial charge is 0.441 e. The maximum absolute atomic E-state index is 6.36. The third kappa shape index (κ3) is 5.37. The first-order chi connectivity index (χ1) is 29.2. The first-order valence-corrected chi connectivity index (χ1v) is 20.6. The van der Waals surface area contributed by atoms with E-state index in [1.165, 1.54) is 61.2 Å². The number of para-hydroxylation sites is 2. The Hall–Kier alpha value is -7.30. The van der Waals surface area contributed by atoms with Gasteiger partial charge in [0.05, 0.1) is 0 Å². The van der Waals surface area contributed by atoms with Gasteiger partial charge in [0.1, 0.15) is 17.0 Å². The molecule has 1 unspecified atom stereocenters. The van der Waals surface area contributed by atoms with Crippen LogP contribution in [-0.4, -0.2) is 9.97 Å². The van der Waals surface area contributed by atoms with E-state index in [1.54, 1.807) is 6.08 Å². The number of hydrogen-bond donors (Lipinski definition) is 0. The van der Waals surface area contributed by atoms with E-state index in [4.69, 9.17) is 18.8 Å². The van der Waals surface area contributed by atoms with Gasteiger partial charge < -0.3 is 8.83 Å². The molecule has 11 rings (SSSR count). The van der Waals surface area contributed by atoms with Crippen LogP contribution in [0, 0.1) is 6.92 Å². The van der Waals surface area contributed by atoms with E-state index < -0.39 is 0 Å². The highest BCUT2D eigenvalue weighted by Gasteiger charge is 2.41. The Labute approximate surface area is 350 Å². The fraction of sp³-hybridized carbons (Fsp3) is 0.107. The first kappa shape index (κ1) is 35.8. The Morgan fingerprint density at radius 1 is 0.517 bits per heavy atom. The van der Waals surface area contributed by atoms with Gasteiger partial charge in [-0.1, -0.05) is 142 Å². The number of nitrogens with zero attached hydrogens (tertiary/aromatic N) is 2. The standard InChI is InChI=1S/C56H42N2O2/c1-6-7-22-49-34(2)59-53(57-49)38-29-37(30-39(31-38)54-58-50-23-13-14-24-51(50)60-54)41-19-15-20-44-45-32-35(26-28-46(45)55(3,4)52(41)44)36-25-27-43-42-18-11-12-21-47(42)56(5,48(43)33-36)40-16-9-8-10-17-40/h6-33H,1H2,2-5H3/b22-7-. The molecule has 0 N–H and O–H groups in total. The van der Waals surface area contributed by atoms with E-state index in [2.05, 4.69) is 155 Å². The normalized spacial score (nSPS) is 15.9. The molecule has 0 bridgehead atoms. The van der Waals surface area contributed by atoms with Crippen molar-refractivity contribution in [3.63, 3.8) is 0 Å². The van der Waals surface area contributed by atoms with Crippen LogP contribution >= 0.6 is 0 Å². The lowest BCUT2D eigenvalue weighted by Gasteiger charge is -2.28. The lowest BCUT2D eigenvalue weighted by molar-refractivity contribution is 0.542. The second-order valence-electron chi connectivity index (χ2n) is 16.8. The maximum atomic E-state index is 6.36. The van der Waals surface area contributed by atoms with Crippen LogP contribution in [0.15, 0.2) is 179 Å². The molecule has 1 atom stereocenters. The topological polar surface area (TPSA) is 52.1 Å². The lowest BCUT2D eigenvalue weighted by atomic mass is 9.74. The highest BCUT2D eigenvalue weighted by Crippen LogP contribution is 2.55. The van der Waals surface area contributed by atoms with Gasteiger partial charge in [0.2, 0.25) is 11.8 Å². The van der Waals surface area contributed by atoms with Crippen molar-refractivity contribution in [1.82, 2.24) is 9.97 Å². The van der Waals surface area contributed by atoms with E-state index in [9.17, 15) is 0 Å². The van der Waals surface area contributed by atoms with Gasteiger partial charge in [0.25, 0.3) is 0 Å². The van der Waals surface area contributed by atoms with Gasteiger partial charge in [0, 0.05) is 22.0 Å². The van der Waals surface area contributed by atoms with Gasteiger partial charge in [-0.3, -0.25) is 0 Å². The molecule has 288 valence electrons. The summed E-state index contributed by atoms with van der Waals surface area (Å²) in [4.78, 5) is 9.82. The van der Waals surface area contributed by atoms with Gasteiger partial charge in [-0.2, -0.15) is 0 Å². The van der Waals surface area contributed by atoms with Crippen LogP contribution in [-0.2, 0) is 10.8 Å². The minimum absolute atomic E-state index is 0.261. The molecule has 2 aliphatic rings. The van der Waals surface area contributed by atoms with Gasteiger partial charge in [-0.25, -0.2) is 9.97 Å². The lowest BCUT2D eigenvalue weighted by Crippen LogP contribution is -2.22. The van der Waals surface area contributed by atoms with Crippen LogP contribution in [0.25, 0.3) is 84.6 Å². The van der Waals surface area contributed by atoms with E-state index in [0.29, 0.717) is 11.8 Å². The molecule has 0 radical (unpaired) electrons. The van der Waals surface area contributed by atoms with Crippen LogP contribution in [0.1, 0.15) is 60.0 Å². The molecule has 0 fully saturated rings. The molecule has 4 heteroatoms. The summed E-state index contributed by atoms with van der Waals surface area (Å²) in [6.07, 6.45) is 5.53. The molecule has 60 heavy (non-hydrogen) atoms. The van der Waals surface area contributed by atoms with Gasteiger partial charge >= 0.3 is 0 Å². The van der Waals surface area contributed by atoms with Gasteiger partial charge in [0.15, 0.2) is 5.58 Å². The molecule has 0 aliphatic heterocycles. The van der Waals surface area contributed by atoms with Crippen LogP contribution in [0.4, 0.5) is 0 Å². The molecule has 0 saturated heterocycles. The SMILES string of the molecule is C=C/C=C\c1nc(-c2cc(-c3nc4ccccc4o3)cc(-c3cccc4c3C(C)(C)c3ccc(-c5ccc6c(c5)C(C)(c5ccccc5)c5ccccc5-6)cc3-4)c2)oc1C. The maximum Gasteiger partial charge on any atom is 0.227 e. The zero-order valence-corrected chi connectivity index (χ0v) is 34.1. The molecular weight excluding hydrogens is 733 g/mol. The fourth-order valence-electron chi connectivity index (χ4n) is 9.94. The summed E-state index contributed by atoms with van der Waals surface area (Å²) in [5.41, 5.74) is 19.8. The number of benzene rings is 7. The summed E-state index contributed by atoms with van der Waals surface area (Å²) >= 11 is 0. The molecule has 2 aliphatic carbocycles. The zero-order valence-electron chi connectivity index (χ0n) is 34.1. The average Bonchev–Trinajstić information content (AvgIpc) is 4.02. The summed E-state index contributed by atoms with van der Waals surface area (Å²) < 4.78 is 12.7. The van der Waals surface area contributed by atoms with E-state index in [0.717, 1.165) is 44.8 Å². The van der Waals surface area contributed by atoms with E-state index in [-0.39, 0.29) is 10.8 Å². The summed E-state index contributed by atoms with van der Waals surface area (Å²) in [6, 6.07) is 55.0. The summed E-state index contributed by atoms with van der Waals surface area (Å²) in [6.45, 7) is 12.8. The summed E-state index contributed by atoms with van der Waals surface area (Å²) in [5, 5.41) is 0. The fourth-order valence-corrected chi connectivity index (χ4v) is 9.94. The second kappa shape index (κ2) is 13.4.